The highest BCUT2D eigenvalue weighted by Crippen LogP contribution is 2.34. The molecule has 0 radical (unpaired) electrons. The number of rotatable bonds is 1. The van der Waals surface area contributed by atoms with Crippen LogP contribution in [0.4, 0.5) is 5.95 Å². The van der Waals surface area contributed by atoms with E-state index in [1.54, 1.807) is 0 Å². The molecule has 2 fully saturated rings. The standard InChI is InChI=1S/C14H17BrN4O2/c1-10-11-12(15)17-13(19(11)7-4-16-10)18-5-2-14(3-6-18)20-8-9-21-14/h4,7H,2-3,5-6,8-9H2,1H3. The predicted octanol–water partition coefficient (Wildman–Crippen LogP) is 2.14. The first-order chi connectivity index (χ1) is 10.2. The molecular weight excluding hydrogens is 336 g/mol. The summed E-state index contributed by atoms with van der Waals surface area (Å²) >= 11 is 3.55. The summed E-state index contributed by atoms with van der Waals surface area (Å²) < 4.78 is 14.5. The monoisotopic (exact) mass is 352 g/mol. The summed E-state index contributed by atoms with van der Waals surface area (Å²) in [6.07, 6.45) is 5.53. The van der Waals surface area contributed by atoms with E-state index in [0.717, 1.165) is 47.7 Å². The van der Waals surface area contributed by atoms with Crippen LogP contribution in [0, 0.1) is 6.92 Å². The molecule has 0 unspecified atom stereocenters. The van der Waals surface area contributed by atoms with Gasteiger partial charge in [-0.1, -0.05) is 0 Å². The van der Waals surface area contributed by atoms with E-state index >= 15 is 0 Å². The van der Waals surface area contributed by atoms with Gasteiger partial charge in [0.2, 0.25) is 5.95 Å². The number of fused-ring (bicyclic) bond motifs is 1. The fraction of sp³-hybridized carbons (Fsp3) is 0.571. The maximum absolute atomic E-state index is 5.78. The van der Waals surface area contributed by atoms with Gasteiger partial charge in [0.25, 0.3) is 0 Å². The lowest BCUT2D eigenvalue weighted by Crippen LogP contribution is -2.45. The summed E-state index contributed by atoms with van der Waals surface area (Å²) in [5.74, 6) is 0.605. The van der Waals surface area contributed by atoms with Crippen molar-refractivity contribution >= 4 is 27.4 Å². The molecule has 2 aromatic heterocycles. The Hall–Kier alpha value is -1.18. The van der Waals surface area contributed by atoms with Gasteiger partial charge in [-0.05, 0) is 22.9 Å². The van der Waals surface area contributed by atoms with Crippen LogP contribution in [0.2, 0.25) is 0 Å². The van der Waals surface area contributed by atoms with E-state index < -0.39 is 0 Å². The van der Waals surface area contributed by atoms with Gasteiger partial charge in [-0.2, -0.15) is 0 Å². The smallest absolute Gasteiger partial charge is 0.211 e. The normalized spacial score (nSPS) is 21.5. The van der Waals surface area contributed by atoms with Gasteiger partial charge >= 0.3 is 0 Å². The SMILES string of the molecule is Cc1nccn2c(N3CCC4(CC3)OCCO4)nc(Br)c12. The lowest BCUT2D eigenvalue weighted by atomic mass is 10.0. The summed E-state index contributed by atoms with van der Waals surface area (Å²) in [5.41, 5.74) is 2.00. The Morgan fingerprint density at radius 3 is 2.67 bits per heavy atom. The minimum absolute atomic E-state index is 0.349. The molecule has 0 amide bonds. The van der Waals surface area contributed by atoms with Crippen molar-refractivity contribution in [3.63, 3.8) is 0 Å². The summed E-state index contributed by atoms with van der Waals surface area (Å²) in [6.45, 7) is 5.18. The molecule has 2 aromatic rings. The molecule has 0 bridgehead atoms. The lowest BCUT2D eigenvalue weighted by molar-refractivity contribution is -0.169. The Labute approximate surface area is 131 Å². The van der Waals surface area contributed by atoms with Crippen LogP contribution in [0.1, 0.15) is 18.5 Å². The number of nitrogens with zero attached hydrogens (tertiary/aromatic N) is 4. The van der Waals surface area contributed by atoms with Gasteiger partial charge in [-0.25, -0.2) is 4.98 Å². The van der Waals surface area contributed by atoms with Crippen molar-refractivity contribution in [3.8, 4) is 0 Å². The maximum Gasteiger partial charge on any atom is 0.211 e. The Kier molecular flexibility index (Phi) is 3.16. The second kappa shape index (κ2) is 4.93. The van der Waals surface area contributed by atoms with Gasteiger partial charge in [0, 0.05) is 38.3 Å². The molecule has 0 atom stereocenters. The van der Waals surface area contributed by atoms with E-state index in [4.69, 9.17) is 9.47 Å². The number of hydrogen-bond acceptors (Lipinski definition) is 5. The van der Waals surface area contributed by atoms with Crippen molar-refractivity contribution in [1.82, 2.24) is 14.4 Å². The molecule has 1 spiro atoms. The fourth-order valence-corrected chi connectivity index (χ4v) is 3.82. The van der Waals surface area contributed by atoms with Crippen LogP contribution in [0.3, 0.4) is 0 Å². The predicted molar refractivity (Wildman–Crippen MR) is 81.5 cm³/mol. The Morgan fingerprint density at radius 2 is 1.95 bits per heavy atom. The number of piperidine rings is 1. The third-order valence-corrected chi connectivity index (χ3v) is 4.85. The average Bonchev–Trinajstić information content (AvgIpc) is 3.07. The molecule has 0 aromatic carbocycles. The summed E-state index contributed by atoms with van der Waals surface area (Å²) in [4.78, 5) is 11.3. The van der Waals surface area contributed by atoms with E-state index in [9.17, 15) is 0 Å². The highest BCUT2D eigenvalue weighted by atomic mass is 79.9. The lowest BCUT2D eigenvalue weighted by Gasteiger charge is -2.37. The van der Waals surface area contributed by atoms with E-state index in [-0.39, 0.29) is 5.79 Å². The summed E-state index contributed by atoms with van der Waals surface area (Å²) in [5, 5.41) is 0. The maximum atomic E-state index is 5.78. The fourth-order valence-electron chi connectivity index (χ4n) is 3.19. The van der Waals surface area contributed by atoms with Crippen LogP contribution < -0.4 is 4.90 Å². The van der Waals surface area contributed by atoms with Crippen LogP contribution in [0.5, 0.6) is 0 Å². The minimum atomic E-state index is -0.349. The van der Waals surface area contributed by atoms with Gasteiger partial charge < -0.3 is 14.4 Å². The van der Waals surface area contributed by atoms with Gasteiger partial charge in [0.15, 0.2) is 5.79 Å². The quantitative estimate of drug-likeness (QED) is 0.786. The molecule has 6 nitrogen and oxygen atoms in total. The molecule has 7 heteroatoms. The van der Waals surface area contributed by atoms with Crippen LogP contribution >= 0.6 is 15.9 Å². The van der Waals surface area contributed by atoms with E-state index in [0.29, 0.717) is 13.2 Å². The average molecular weight is 353 g/mol. The highest BCUT2D eigenvalue weighted by molar-refractivity contribution is 9.10. The van der Waals surface area contributed by atoms with Crippen LogP contribution in [0.25, 0.3) is 5.52 Å². The van der Waals surface area contributed by atoms with E-state index in [1.807, 2.05) is 19.3 Å². The molecule has 112 valence electrons. The highest BCUT2D eigenvalue weighted by Gasteiger charge is 2.40. The van der Waals surface area contributed by atoms with Gasteiger partial charge in [0.05, 0.1) is 18.9 Å². The first kappa shape index (κ1) is 13.5. The zero-order chi connectivity index (χ0) is 14.4. The number of aromatic nitrogens is 3. The Morgan fingerprint density at radius 1 is 1.24 bits per heavy atom. The second-order valence-corrected chi connectivity index (χ2v) is 6.28. The molecule has 4 rings (SSSR count). The zero-order valence-corrected chi connectivity index (χ0v) is 13.5. The molecule has 0 saturated carbocycles. The minimum Gasteiger partial charge on any atom is -0.347 e. The van der Waals surface area contributed by atoms with Crippen molar-refractivity contribution in [1.29, 1.82) is 0 Å². The second-order valence-electron chi connectivity index (χ2n) is 5.53. The van der Waals surface area contributed by atoms with Crippen molar-refractivity contribution in [2.24, 2.45) is 0 Å². The zero-order valence-electron chi connectivity index (χ0n) is 11.9. The van der Waals surface area contributed by atoms with Gasteiger partial charge in [0.1, 0.15) is 10.1 Å². The van der Waals surface area contributed by atoms with Crippen LogP contribution in [0.15, 0.2) is 17.0 Å². The molecule has 2 aliphatic rings. The van der Waals surface area contributed by atoms with Crippen molar-refractivity contribution < 1.29 is 9.47 Å². The molecule has 0 N–H and O–H groups in total. The number of ether oxygens (including phenoxy) is 2. The number of hydrogen-bond donors (Lipinski definition) is 0. The Bertz CT molecular complexity index is 671. The number of aryl methyl sites for hydroxylation is 1. The van der Waals surface area contributed by atoms with Crippen molar-refractivity contribution in [2.45, 2.75) is 25.6 Å². The topological polar surface area (TPSA) is 51.9 Å². The summed E-state index contributed by atoms with van der Waals surface area (Å²) in [7, 11) is 0. The molecular formula is C14H17BrN4O2. The van der Waals surface area contributed by atoms with Crippen LogP contribution in [-0.4, -0.2) is 46.5 Å². The third-order valence-electron chi connectivity index (χ3n) is 4.30. The van der Waals surface area contributed by atoms with E-state index in [2.05, 4.69) is 35.2 Å². The van der Waals surface area contributed by atoms with E-state index in [1.165, 1.54) is 0 Å². The van der Waals surface area contributed by atoms with Crippen molar-refractivity contribution in [3.05, 3.63) is 22.7 Å². The largest absolute Gasteiger partial charge is 0.347 e. The molecule has 2 saturated heterocycles. The van der Waals surface area contributed by atoms with Gasteiger partial charge in [-0.3, -0.25) is 9.38 Å². The first-order valence-electron chi connectivity index (χ1n) is 7.21. The van der Waals surface area contributed by atoms with Gasteiger partial charge in [-0.15, -0.1) is 0 Å². The molecule has 2 aliphatic heterocycles. The molecule has 4 heterocycles. The third kappa shape index (κ3) is 2.15. The van der Waals surface area contributed by atoms with Crippen LogP contribution in [-0.2, 0) is 9.47 Å². The number of halogens is 1. The summed E-state index contributed by atoms with van der Waals surface area (Å²) in [6, 6.07) is 0. The molecule has 0 aliphatic carbocycles. The number of anilines is 1. The van der Waals surface area contributed by atoms with Crippen molar-refractivity contribution in [2.75, 3.05) is 31.2 Å². The first-order valence-corrected chi connectivity index (χ1v) is 8.00. The number of imidazole rings is 1. The Balaban J connectivity index is 1.64. The molecule has 21 heavy (non-hydrogen) atoms.